The minimum absolute atomic E-state index is 0.0149. The lowest BCUT2D eigenvalue weighted by molar-refractivity contribution is -0.130. The summed E-state index contributed by atoms with van der Waals surface area (Å²) in [6, 6.07) is 6.87. The standard InChI is InChI=1S/C15H18F2N2O3S/c1-3-19(10-11(2)9-18)14(20)8-12-4-6-13(7-5-12)23(21,22)15(16)17/h4-7,11,15H,3,8,10H2,1-2H3/t11-/m1/s1. The number of benzene rings is 1. The number of amides is 1. The normalized spacial score (nSPS) is 12.7. The fraction of sp³-hybridized carbons (Fsp3) is 0.467. The molecule has 126 valence electrons. The third-order valence-corrected chi connectivity index (χ3v) is 4.69. The Bertz CT molecular complexity index is 682. The fourth-order valence-electron chi connectivity index (χ4n) is 1.96. The predicted octanol–water partition coefficient (Wildman–Crippen LogP) is 2.23. The number of hydrogen-bond donors (Lipinski definition) is 0. The van der Waals surface area contributed by atoms with Gasteiger partial charge in [-0.1, -0.05) is 12.1 Å². The lowest BCUT2D eigenvalue weighted by atomic mass is 10.1. The average Bonchev–Trinajstić information content (AvgIpc) is 2.52. The van der Waals surface area contributed by atoms with Gasteiger partial charge < -0.3 is 4.90 Å². The topological polar surface area (TPSA) is 78.2 Å². The number of rotatable bonds is 7. The van der Waals surface area contributed by atoms with Crippen molar-refractivity contribution in [3.05, 3.63) is 29.8 Å². The van der Waals surface area contributed by atoms with Crippen molar-refractivity contribution in [2.24, 2.45) is 5.92 Å². The molecule has 1 atom stereocenters. The molecule has 0 aliphatic rings. The van der Waals surface area contributed by atoms with Gasteiger partial charge in [0.25, 0.3) is 0 Å². The maximum atomic E-state index is 12.4. The zero-order valence-corrected chi connectivity index (χ0v) is 13.7. The summed E-state index contributed by atoms with van der Waals surface area (Å²) in [5.74, 6) is -3.98. The number of hydrogen-bond acceptors (Lipinski definition) is 4. The summed E-state index contributed by atoms with van der Waals surface area (Å²) in [4.78, 5) is 13.2. The van der Waals surface area contributed by atoms with E-state index in [-0.39, 0.29) is 18.2 Å². The molecular weight excluding hydrogens is 326 g/mol. The SMILES string of the molecule is CCN(C[C@H](C)C#N)C(=O)Cc1ccc(S(=O)(=O)C(F)F)cc1. The maximum absolute atomic E-state index is 12.4. The molecule has 0 aliphatic carbocycles. The highest BCUT2D eigenvalue weighted by Gasteiger charge is 2.26. The lowest BCUT2D eigenvalue weighted by Crippen LogP contribution is -2.35. The van der Waals surface area contributed by atoms with Gasteiger partial charge in [0.1, 0.15) is 0 Å². The molecule has 0 aromatic heterocycles. The van der Waals surface area contributed by atoms with Crippen LogP contribution in [0.3, 0.4) is 0 Å². The Morgan fingerprint density at radius 1 is 1.30 bits per heavy atom. The van der Waals surface area contributed by atoms with E-state index in [4.69, 9.17) is 5.26 Å². The molecule has 8 heteroatoms. The molecule has 0 bridgehead atoms. The molecule has 0 heterocycles. The van der Waals surface area contributed by atoms with Gasteiger partial charge in [-0.15, -0.1) is 0 Å². The number of nitriles is 1. The first-order chi connectivity index (χ1) is 10.7. The van der Waals surface area contributed by atoms with Crippen LogP contribution in [0.4, 0.5) is 8.78 Å². The second-order valence-corrected chi connectivity index (χ2v) is 7.01. The van der Waals surface area contributed by atoms with Crippen LogP contribution in [-0.4, -0.2) is 38.1 Å². The Kier molecular flexibility index (Phi) is 6.63. The predicted molar refractivity (Wildman–Crippen MR) is 80.4 cm³/mol. The molecule has 0 N–H and O–H groups in total. The van der Waals surface area contributed by atoms with E-state index in [0.29, 0.717) is 18.7 Å². The number of sulfone groups is 1. The smallest absolute Gasteiger partial charge is 0.341 e. The number of carbonyl (C=O) groups excluding carboxylic acids is 1. The van der Waals surface area contributed by atoms with Crippen molar-refractivity contribution >= 4 is 15.7 Å². The van der Waals surface area contributed by atoms with Crippen LogP contribution in [0.25, 0.3) is 0 Å². The van der Waals surface area contributed by atoms with Gasteiger partial charge in [0.2, 0.25) is 15.7 Å². The number of likely N-dealkylation sites (N-methyl/N-ethyl adjacent to an activating group) is 1. The van der Waals surface area contributed by atoms with E-state index in [1.165, 1.54) is 17.0 Å². The van der Waals surface area contributed by atoms with Crippen molar-refractivity contribution in [2.75, 3.05) is 13.1 Å². The largest absolute Gasteiger partial charge is 0.341 e. The molecule has 23 heavy (non-hydrogen) atoms. The van der Waals surface area contributed by atoms with Gasteiger partial charge in [-0.2, -0.15) is 14.0 Å². The summed E-state index contributed by atoms with van der Waals surface area (Å²) in [6.07, 6.45) is 0.0149. The summed E-state index contributed by atoms with van der Waals surface area (Å²) in [6.45, 7) is 4.26. The summed E-state index contributed by atoms with van der Waals surface area (Å²) in [5, 5.41) is 8.80. The van der Waals surface area contributed by atoms with E-state index in [0.717, 1.165) is 12.1 Å². The zero-order chi connectivity index (χ0) is 17.6. The monoisotopic (exact) mass is 344 g/mol. The number of carbonyl (C=O) groups is 1. The van der Waals surface area contributed by atoms with Gasteiger partial charge in [0.05, 0.1) is 23.3 Å². The second-order valence-electron chi connectivity index (χ2n) is 5.09. The number of nitrogens with zero attached hydrogens (tertiary/aromatic N) is 2. The molecule has 1 aromatic carbocycles. The van der Waals surface area contributed by atoms with Gasteiger partial charge in [0.15, 0.2) is 0 Å². The lowest BCUT2D eigenvalue weighted by Gasteiger charge is -2.22. The summed E-state index contributed by atoms with van der Waals surface area (Å²) >= 11 is 0. The van der Waals surface area contributed by atoms with E-state index in [2.05, 4.69) is 6.07 Å². The summed E-state index contributed by atoms with van der Waals surface area (Å²) < 4.78 is 47.5. The van der Waals surface area contributed by atoms with Crippen LogP contribution in [0.1, 0.15) is 19.4 Å². The Balaban J connectivity index is 2.82. The molecule has 0 aliphatic heterocycles. The van der Waals surface area contributed by atoms with Crippen LogP contribution >= 0.6 is 0 Å². The number of alkyl halides is 2. The van der Waals surface area contributed by atoms with Crippen molar-refractivity contribution in [2.45, 2.75) is 30.9 Å². The van der Waals surface area contributed by atoms with Gasteiger partial charge >= 0.3 is 5.76 Å². The second kappa shape index (κ2) is 8.02. The third-order valence-electron chi connectivity index (χ3n) is 3.29. The molecule has 1 rings (SSSR count). The minimum atomic E-state index is -4.63. The van der Waals surface area contributed by atoms with Crippen molar-refractivity contribution < 1.29 is 22.0 Å². The quantitative estimate of drug-likeness (QED) is 0.760. The average molecular weight is 344 g/mol. The third kappa shape index (κ3) is 4.99. The van der Waals surface area contributed by atoms with Gasteiger partial charge in [-0.25, -0.2) is 8.42 Å². The van der Waals surface area contributed by atoms with E-state index >= 15 is 0 Å². The highest BCUT2D eigenvalue weighted by molar-refractivity contribution is 7.91. The van der Waals surface area contributed by atoms with Crippen molar-refractivity contribution in [1.29, 1.82) is 5.26 Å². The molecule has 0 saturated heterocycles. The van der Waals surface area contributed by atoms with Crippen LogP contribution in [0, 0.1) is 17.2 Å². The Hall–Kier alpha value is -2.01. The van der Waals surface area contributed by atoms with Gasteiger partial charge in [-0.05, 0) is 31.5 Å². The molecule has 1 amide bonds. The Morgan fingerprint density at radius 3 is 2.30 bits per heavy atom. The summed E-state index contributed by atoms with van der Waals surface area (Å²) in [5.41, 5.74) is 0.520. The van der Waals surface area contributed by atoms with Crippen LogP contribution in [-0.2, 0) is 21.1 Å². The first kappa shape index (κ1) is 19.0. The van der Waals surface area contributed by atoms with E-state index < -0.39 is 20.5 Å². The molecule has 0 saturated carbocycles. The van der Waals surface area contributed by atoms with Crippen molar-refractivity contribution in [3.63, 3.8) is 0 Å². The van der Waals surface area contributed by atoms with E-state index in [1.54, 1.807) is 13.8 Å². The van der Waals surface area contributed by atoms with E-state index in [9.17, 15) is 22.0 Å². The molecule has 5 nitrogen and oxygen atoms in total. The molecule has 0 fully saturated rings. The molecule has 1 aromatic rings. The zero-order valence-electron chi connectivity index (χ0n) is 12.9. The molecule has 0 unspecified atom stereocenters. The number of halogens is 2. The van der Waals surface area contributed by atoms with Crippen LogP contribution < -0.4 is 0 Å². The fourth-order valence-corrected chi connectivity index (χ4v) is 2.69. The minimum Gasteiger partial charge on any atom is -0.341 e. The first-order valence-corrected chi connectivity index (χ1v) is 8.55. The Morgan fingerprint density at radius 2 is 1.87 bits per heavy atom. The van der Waals surface area contributed by atoms with Crippen LogP contribution in [0.5, 0.6) is 0 Å². The highest BCUT2D eigenvalue weighted by Crippen LogP contribution is 2.19. The van der Waals surface area contributed by atoms with Gasteiger partial charge in [0, 0.05) is 13.1 Å². The summed E-state index contributed by atoms with van der Waals surface area (Å²) in [7, 11) is -4.63. The van der Waals surface area contributed by atoms with Crippen LogP contribution in [0.15, 0.2) is 29.2 Å². The van der Waals surface area contributed by atoms with Crippen LogP contribution in [0.2, 0.25) is 0 Å². The van der Waals surface area contributed by atoms with E-state index in [1.807, 2.05) is 0 Å². The molecule has 0 radical (unpaired) electrons. The highest BCUT2D eigenvalue weighted by atomic mass is 32.2. The van der Waals surface area contributed by atoms with Crippen molar-refractivity contribution in [3.8, 4) is 6.07 Å². The molecular formula is C15H18F2N2O3S. The van der Waals surface area contributed by atoms with Crippen molar-refractivity contribution in [1.82, 2.24) is 4.90 Å². The Labute approximate surface area is 134 Å². The van der Waals surface area contributed by atoms with Gasteiger partial charge in [-0.3, -0.25) is 4.79 Å². The molecule has 0 spiro atoms. The maximum Gasteiger partial charge on any atom is 0.341 e. The first-order valence-electron chi connectivity index (χ1n) is 7.00.